The summed E-state index contributed by atoms with van der Waals surface area (Å²) in [5.74, 6) is 0.127. The Bertz CT molecular complexity index is 426. The van der Waals surface area contributed by atoms with Gasteiger partial charge >= 0.3 is 0 Å². The first-order valence-corrected chi connectivity index (χ1v) is 6.40. The molecule has 19 heavy (non-hydrogen) atoms. The second-order valence-corrected chi connectivity index (χ2v) is 4.85. The summed E-state index contributed by atoms with van der Waals surface area (Å²) in [6.45, 7) is 8.06. The Morgan fingerprint density at radius 2 is 2.00 bits per heavy atom. The van der Waals surface area contributed by atoms with Crippen LogP contribution in [-0.2, 0) is 11.2 Å². The largest absolute Gasteiger partial charge is 0.508 e. The molecule has 0 bridgehead atoms. The van der Waals surface area contributed by atoms with Crippen molar-refractivity contribution in [2.24, 2.45) is 5.73 Å². The van der Waals surface area contributed by atoms with Gasteiger partial charge in [-0.15, -0.1) is 6.58 Å². The fourth-order valence-electron chi connectivity index (χ4n) is 1.88. The molecule has 1 unspecified atom stereocenters. The molecule has 0 heterocycles. The van der Waals surface area contributed by atoms with Crippen LogP contribution in [0.5, 0.6) is 5.75 Å². The molecule has 0 fully saturated rings. The Labute approximate surface area is 114 Å². The molecule has 1 aromatic carbocycles. The zero-order valence-electron chi connectivity index (χ0n) is 11.5. The van der Waals surface area contributed by atoms with Gasteiger partial charge in [0.25, 0.3) is 0 Å². The average molecular weight is 262 g/mol. The number of nitrogens with two attached hydrogens (primary N) is 1. The molecule has 0 saturated carbocycles. The van der Waals surface area contributed by atoms with Crippen molar-refractivity contribution in [2.75, 3.05) is 6.54 Å². The van der Waals surface area contributed by atoms with Crippen molar-refractivity contribution >= 4 is 5.91 Å². The Kier molecular flexibility index (Phi) is 5.57. The number of phenolic OH excluding ortho intramolecular Hbond substituents is 1. The minimum absolute atomic E-state index is 0.0806. The maximum absolute atomic E-state index is 12.2. The van der Waals surface area contributed by atoms with Crippen LogP contribution < -0.4 is 5.73 Å². The van der Waals surface area contributed by atoms with Gasteiger partial charge in [-0.3, -0.25) is 4.79 Å². The smallest absolute Gasteiger partial charge is 0.240 e. The average Bonchev–Trinajstić information content (AvgIpc) is 2.37. The van der Waals surface area contributed by atoms with E-state index in [1.54, 1.807) is 35.2 Å². The third-order valence-corrected chi connectivity index (χ3v) is 2.94. The molecule has 1 amide bonds. The molecule has 4 heteroatoms. The van der Waals surface area contributed by atoms with Crippen LogP contribution >= 0.6 is 0 Å². The van der Waals surface area contributed by atoms with Crippen molar-refractivity contribution in [3.05, 3.63) is 42.5 Å². The maximum Gasteiger partial charge on any atom is 0.240 e. The highest BCUT2D eigenvalue weighted by Crippen LogP contribution is 2.12. The number of hydrogen-bond donors (Lipinski definition) is 2. The van der Waals surface area contributed by atoms with Gasteiger partial charge in [-0.2, -0.15) is 0 Å². The zero-order valence-corrected chi connectivity index (χ0v) is 11.5. The van der Waals surface area contributed by atoms with Crippen molar-refractivity contribution in [1.82, 2.24) is 4.90 Å². The number of benzene rings is 1. The quantitative estimate of drug-likeness (QED) is 0.767. The van der Waals surface area contributed by atoms with Crippen LogP contribution in [0.4, 0.5) is 0 Å². The zero-order chi connectivity index (χ0) is 14.4. The van der Waals surface area contributed by atoms with Crippen LogP contribution in [0.3, 0.4) is 0 Å². The van der Waals surface area contributed by atoms with E-state index in [0.717, 1.165) is 5.56 Å². The van der Waals surface area contributed by atoms with Crippen molar-refractivity contribution < 1.29 is 9.90 Å². The third-order valence-electron chi connectivity index (χ3n) is 2.94. The number of rotatable bonds is 6. The number of phenols is 1. The summed E-state index contributed by atoms with van der Waals surface area (Å²) >= 11 is 0. The molecule has 0 aliphatic heterocycles. The lowest BCUT2D eigenvalue weighted by Gasteiger charge is -2.28. The van der Waals surface area contributed by atoms with E-state index >= 15 is 0 Å². The molecule has 0 aliphatic rings. The third kappa shape index (κ3) is 4.41. The first-order chi connectivity index (χ1) is 8.95. The van der Waals surface area contributed by atoms with Gasteiger partial charge in [0.1, 0.15) is 5.75 Å². The molecule has 1 aromatic rings. The predicted octanol–water partition coefficient (Wildman–Crippen LogP) is 1.68. The molecular formula is C15H22N2O2. The second kappa shape index (κ2) is 6.95. The van der Waals surface area contributed by atoms with E-state index in [-0.39, 0.29) is 17.7 Å². The molecule has 0 radical (unpaired) electrons. The SMILES string of the molecule is C=CCN(C(=O)C(N)Cc1ccc(O)cc1)C(C)C. The minimum atomic E-state index is -0.577. The van der Waals surface area contributed by atoms with Crippen LogP contribution in [0, 0.1) is 0 Å². The number of aromatic hydroxyl groups is 1. The molecule has 1 rings (SSSR count). The summed E-state index contributed by atoms with van der Waals surface area (Å²) in [7, 11) is 0. The van der Waals surface area contributed by atoms with Gasteiger partial charge in [-0.05, 0) is 38.0 Å². The van der Waals surface area contributed by atoms with E-state index < -0.39 is 6.04 Å². The summed E-state index contributed by atoms with van der Waals surface area (Å²) in [4.78, 5) is 14.0. The minimum Gasteiger partial charge on any atom is -0.508 e. The predicted molar refractivity (Wildman–Crippen MR) is 76.8 cm³/mol. The Morgan fingerprint density at radius 1 is 1.42 bits per heavy atom. The van der Waals surface area contributed by atoms with E-state index in [4.69, 9.17) is 5.73 Å². The van der Waals surface area contributed by atoms with Gasteiger partial charge in [0.15, 0.2) is 0 Å². The molecule has 4 nitrogen and oxygen atoms in total. The number of carbonyl (C=O) groups excluding carboxylic acids is 1. The van der Waals surface area contributed by atoms with Crippen LogP contribution in [0.1, 0.15) is 19.4 Å². The number of nitrogens with zero attached hydrogens (tertiary/aromatic N) is 1. The monoisotopic (exact) mass is 262 g/mol. The van der Waals surface area contributed by atoms with Crippen molar-refractivity contribution in [1.29, 1.82) is 0 Å². The van der Waals surface area contributed by atoms with Crippen LogP contribution in [0.2, 0.25) is 0 Å². The van der Waals surface area contributed by atoms with Crippen molar-refractivity contribution in [3.8, 4) is 5.75 Å². The molecule has 0 aliphatic carbocycles. The molecule has 0 saturated heterocycles. The van der Waals surface area contributed by atoms with Crippen LogP contribution in [0.25, 0.3) is 0 Å². The maximum atomic E-state index is 12.2. The highest BCUT2D eigenvalue weighted by molar-refractivity contribution is 5.82. The molecule has 0 aromatic heterocycles. The summed E-state index contributed by atoms with van der Waals surface area (Å²) in [6.07, 6.45) is 2.16. The Morgan fingerprint density at radius 3 is 2.47 bits per heavy atom. The topological polar surface area (TPSA) is 66.6 Å². The van der Waals surface area contributed by atoms with Gasteiger partial charge in [0.2, 0.25) is 5.91 Å². The Hall–Kier alpha value is -1.81. The van der Waals surface area contributed by atoms with Gasteiger partial charge in [0, 0.05) is 12.6 Å². The number of carbonyl (C=O) groups is 1. The van der Waals surface area contributed by atoms with E-state index in [1.165, 1.54) is 0 Å². The molecule has 0 spiro atoms. The van der Waals surface area contributed by atoms with Crippen LogP contribution in [-0.4, -0.2) is 34.5 Å². The van der Waals surface area contributed by atoms with Crippen molar-refractivity contribution in [2.45, 2.75) is 32.4 Å². The normalized spacial score (nSPS) is 12.2. The molecule has 104 valence electrons. The molecule has 3 N–H and O–H groups in total. The lowest BCUT2D eigenvalue weighted by molar-refractivity contribution is -0.133. The second-order valence-electron chi connectivity index (χ2n) is 4.85. The first-order valence-electron chi connectivity index (χ1n) is 6.40. The lowest BCUT2D eigenvalue weighted by Crippen LogP contribution is -2.47. The molecular weight excluding hydrogens is 240 g/mol. The molecule has 1 atom stereocenters. The lowest BCUT2D eigenvalue weighted by atomic mass is 10.0. The Balaban J connectivity index is 2.70. The van der Waals surface area contributed by atoms with Gasteiger partial charge in [0.05, 0.1) is 6.04 Å². The van der Waals surface area contributed by atoms with Gasteiger partial charge in [-0.25, -0.2) is 0 Å². The summed E-state index contributed by atoms with van der Waals surface area (Å²) in [5, 5.41) is 9.21. The summed E-state index contributed by atoms with van der Waals surface area (Å²) < 4.78 is 0. The summed E-state index contributed by atoms with van der Waals surface area (Å²) in [5.41, 5.74) is 6.90. The fourth-order valence-corrected chi connectivity index (χ4v) is 1.88. The van der Waals surface area contributed by atoms with E-state index in [1.807, 2.05) is 13.8 Å². The number of amides is 1. The summed E-state index contributed by atoms with van der Waals surface area (Å²) in [6, 6.07) is 6.25. The van der Waals surface area contributed by atoms with E-state index in [9.17, 15) is 9.90 Å². The highest BCUT2D eigenvalue weighted by Gasteiger charge is 2.22. The van der Waals surface area contributed by atoms with Gasteiger partial charge in [-0.1, -0.05) is 18.2 Å². The standard InChI is InChI=1S/C15H22N2O2/c1-4-9-17(11(2)3)15(19)14(16)10-12-5-7-13(18)8-6-12/h4-8,11,14,18H,1,9-10,16H2,2-3H3. The van der Waals surface area contributed by atoms with E-state index in [2.05, 4.69) is 6.58 Å². The number of hydrogen-bond acceptors (Lipinski definition) is 3. The van der Waals surface area contributed by atoms with E-state index in [0.29, 0.717) is 13.0 Å². The van der Waals surface area contributed by atoms with Crippen molar-refractivity contribution in [3.63, 3.8) is 0 Å². The van der Waals surface area contributed by atoms with Crippen LogP contribution in [0.15, 0.2) is 36.9 Å². The first kappa shape index (κ1) is 15.2. The highest BCUT2D eigenvalue weighted by atomic mass is 16.3. The fraction of sp³-hybridized carbons (Fsp3) is 0.400. The van der Waals surface area contributed by atoms with Gasteiger partial charge < -0.3 is 15.7 Å².